The smallest absolute Gasteiger partial charge is 0.251 e. The van der Waals surface area contributed by atoms with E-state index in [0.29, 0.717) is 16.8 Å². The maximum absolute atomic E-state index is 12.3. The fraction of sp³-hybridized carbons (Fsp3) is 0.533. The molecule has 0 aliphatic heterocycles. The zero-order valence-corrected chi connectivity index (χ0v) is 14.1. The molecular weight excluding hydrogens is 288 g/mol. The van der Waals surface area contributed by atoms with E-state index in [1.165, 1.54) is 11.4 Å². The number of carbonyl (C=O) groups is 1. The van der Waals surface area contributed by atoms with Gasteiger partial charge in [-0.2, -0.15) is 0 Å². The second-order valence-electron chi connectivity index (χ2n) is 5.34. The van der Waals surface area contributed by atoms with Crippen LogP contribution in [0.15, 0.2) is 18.2 Å². The summed E-state index contributed by atoms with van der Waals surface area (Å²) in [6, 6.07) is 5.20. The van der Waals surface area contributed by atoms with Gasteiger partial charge in [-0.3, -0.25) is 9.10 Å². The summed E-state index contributed by atoms with van der Waals surface area (Å²) < 4.78 is 24.5. The van der Waals surface area contributed by atoms with Crippen LogP contribution in [0.5, 0.6) is 0 Å². The molecule has 1 aromatic carbocycles. The molecule has 0 fully saturated rings. The summed E-state index contributed by atoms with van der Waals surface area (Å²) in [5.41, 5.74) is 1.69. The molecule has 1 unspecified atom stereocenters. The van der Waals surface area contributed by atoms with Gasteiger partial charge < -0.3 is 5.32 Å². The molecule has 21 heavy (non-hydrogen) atoms. The van der Waals surface area contributed by atoms with Crippen molar-refractivity contribution in [1.82, 2.24) is 5.32 Å². The average molecular weight is 312 g/mol. The molecular formula is C15H24N2O3S. The van der Waals surface area contributed by atoms with Crippen molar-refractivity contribution in [3.05, 3.63) is 29.3 Å². The standard InChI is InChI=1S/C15H24N2O3S/c1-6-8-11(2)16-15(18)13-9-7-10-14(12(13)3)17(4)21(5,19)20/h7,9-11H,6,8H2,1-5H3,(H,16,18). The van der Waals surface area contributed by atoms with E-state index in [9.17, 15) is 13.2 Å². The maximum atomic E-state index is 12.3. The first-order valence-electron chi connectivity index (χ1n) is 7.02. The highest BCUT2D eigenvalue weighted by Gasteiger charge is 2.19. The molecule has 0 spiro atoms. The van der Waals surface area contributed by atoms with Crippen LogP contribution in [0.2, 0.25) is 0 Å². The lowest BCUT2D eigenvalue weighted by Gasteiger charge is -2.21. The number of hydrogen-bond donors (Lipinski definition) is 1. The van der Waals surface area contributed by atoms with Crippen LogP contribution in [-0.2, 0) is 10.0 Å². The Morgan fingerprint density at radius 3 is 2.52 bits per heavy atom. The lowest BCUT2D eigenvalue weighted by atomic mass is 10.1. The van der Waals surface area contributed by atoms with Gasteiger partial charge in [-0.15, -0.1) is 0 Å². The molecule has 0 saturated carbocycles. The summed E-state index contributed by atoms with van der Waals surface area (Å²) in [5, 5.41) is 2.94. The number of rotatable bonds is 6. The second-order valence-corrected chi connectivity index (χ2v) is 7.36. The molecule has 0 radical (unpaired) electrons. The number of benzene rings is 1. The highest BCUT2D eigenvalue weighted by atomic mass is 32.2. The van der Waals surface area contributed by atoms with E-state index in [0.717, 1.165) is 19.1 Å². The zero-order chi connectivity index (χ0) is 16.2. The summed E-state index contributed by atoms with van der Waals surface area (Å²) in [6.45, 7) is 5.79. The van der Waals surface area contributed by atoms with Crippen molar-refractivity contribution in [3.8, 4) is 0 Å². The number of nitrogens with zero attached hydrogens (tertiary/aromatic N) is 1. The minimum absolute atomic E-state index is 0.0955. The SMILES string of the molecule is CCCC(C)NC(=O)c1cccc(N(C)S(C)(=O)=O)c1C. The Kier molecular flexibility index (Phi) is 5.78. The number of carbonyl (C=O) groups excluding carboxylic acids is 1. The summed E-state index contributed by atoms with van der Waals surface area (Å²) in [4.78, 5) is 12.3. The van der Waals surface area contributed by atoms with Crippen molar-refractivity contribution in [2.45, 2.75) is 39.7 Å². The zero-order valence-electron chi connectivity index (χ0n) is 13.3. The van der Waals surface area contributed by atoms with Crippen LogP contribution in [0, 0.1) is 6.92 Å². The summed E-state index contributed by atoms with van der Waals surface area (Å²) in [5.74, 6) is -0.169. The second kappa shape index (κ2) is 6.93. The van der Waals surface area contributed by atoms with Gasteiger partial charge in [0.25, 0.3) is 5.91 Å². The van der Waals surface area contributed by atoms with E-state index >= 15 is 0 Å². The van der Waals surface area contributed by atoms with Gasteiger partial charge in [0.1, 0.15) is 0 Å². The van der Waals surface area contributed by atoms with Gasteiger partial charge in [0, 0.05) is 18.7 Å². The fourth-order valence-electron chi connectivity index (χ4n) is 2.20. The Bertz CT molecular complexity index is 611. The predicted octanol–water partition coefficient (Wildman–Crippen LogP) is 2.31. The molecule has 1 N–H and O–H groups in total. The van der Waals surface area contributed by atoms with Crippen LogP contribution < -0.4 is 9.62 Å². The first kappa shape index (κ1) is 17.5. The number of hydrogen-bond acceptors (Lipinski definition) is 3. The first-order valence-corrected chi connectivity index (χ1v) is 8.87. The summed E-state index contributed by atoms with van der Waals surface area (Å²) >= 11 is 0. The first-order chi connectivity index (χ1) is 9.68. The van der Waals surface area contributed by atoms with Crippen LogP contribution in [0.4, 0.5) is 5.69 Å². The van der Waals surface area contributed by atoms with Gasteiger partial charge in [-0.1, -0.05) is 19.4 Å². The normalized spacial score (nSPS) is 12.8. The molecule has 0 aliphatic carbocycles. The molecule has 1 rings (SSSR count). The molecule has 118 valence electrons. The van der Waals surface area contributed by atoms with Gasteiger partial charge in [0.15, 0.2) is 0 Å². The average Bonchev–Trinajstić information content (AvgIpc) is 2.37. The third kappa shape index (κ3) is 4.46. The van der Waals surface area contributed by atoms with E-state index in [2.05, 4.69) is 12.2 Å². The van der Waals surface area contributed by atoms with E-state index in [-0.39, 0.29) is 11.9 Å². The third-order valence-electron chi connectivity index (χ3n) is 3.49. The number of amides is 1. The van der Waals surface area contributed by atoms with Crippen molar-refractivity contribution in [1.29, 1.82) is 0 Å². The van der Waals surface area contributed by atoms with Crippen LogP contribution in [0.25, 0.3) is 0 Å². The molecule has 1 aromatic rings. The molecule has 0 heterocycles. The van der Waals surface area contributed by atoms with E-state index < -0.39 is 10.0 Å². The molecule has 0 bridgehead atoms. The minimum atomic E-state index is -3.35. The van der Waals surface area contributed by atoms with Crippen LogP contribution >= 0.6 is 0 Å². The van der Waals surface area contributed by atoms with Gasteiger partial charge in [0.2, 0.25) is 10.0 Å². The molecule has 0 aliphatic rings. The largest absolute Gasteiger partial charge is 0.350 e. The quantitative estimate of drug-likeness (QED) is 0.876. The number of sulfonamides is 1. The Labute approximate surface area is 127 Å². The van der Waals surface area contributed by atoms with Crippen molar-refractivity contribution < 1.29 is 13.2 Å². The molecule has 5 nitrogen and oxygen atoms in total. The maximum Gasteiger partial charge on any atom is 0.251 e. The van der Waals surface area contributed by atoms with Crippen LogP contribution in [0.3, 0.4) is 0 Å². The monoisotopic (exact) mass is 312 g/mol. The summed E-state index contributed by atoms with van der Waals surface area (Å²) in [7, 11) is -1.87. The van der Waals surface area contributed by atoms with E-state index in [1.807, 2.05) is 6.92 Å². The third-order valence-corrected chi connectivity index (χ3v) is 4.68. The van der Waals surface area contributed by atoms with Crippen LogP contribution in [-0.4, -0.2) is 33.7 Å². The molecule has 0 aromatic heterocycles. The Morgan fingerprint density at radius 1 is 1.38 bits per heavy atom. The van der Waals surface area contributed by atoms with Crippen molar-refractivity contribution in [2.24, 2.45) is 0 Å². The van der Waals surface area contributed by atoms with Gasteiger partial charge in [-0.25, -0.2) is 8.42 Å². The highest BCUT2D eigenvalue weighted by molar-refractivity contribution is 7.92. The molecule has 0 saturated heterocycles. The highest BCUT2D eigenvalue weighted by Crippen LogP contribution is 2.24. The van der Waals surface area contributed by atoms with Crippen LogP contribution in [0.1, 0.15) is 42.6 Å². The van der Waals surface area contributed by atoms with Crippen molar-refractivity contribution in [2.75, 3.05) is 17.6 Å². The molecule has 1 amide bonds. The minimum Gasteiger partial charge on any atom is -0.350 e. The van der Waals surface area contributed by atoms with Gasteiger partial charge in [-0.05, 0) is 38.0 Å². The fourth-order valence-corrected chi connectivity index (χ4v) is 2.75. The number of nitrogens with one attached hydrogen (secondary N) is 1. The Balaban J connectivity index is 3.09. The van der Waals surface area contributed by atoms with E-state index in [1.54, 1.807) is 25.1 Å². The predicted molar refractivity (Wildman–Crippen MR) is 86.3 cm³/mol. The van der Waals surface area contributed by atoms with Gasteiger partial charge in [0.05, 0.1) is 11.9 Å². The van der Waals surface area contributed by atoms with E-state index in [4.69, 9.17) is 0 Å². The molecule has 1 atom stereocenters. The number of anilines is 1. The Hall–Kier alpha value is -1.56. The molecule has 6 heteroatoms. The van der Waals surface area contributed by atoms with Crippen molar-refractivity contribution in [3.63, 3.8) is 0 Å². The lowest BCUT2D eigenvalue weighted by Crippen LogP contribution is -2.33. The lowest BCUT2D eigenvalue weighted by molar-refractivity contribution is 0.0937. The van der Waals surface area contributed by atoms with Gasteiger partial charge >= 0.3 is 0 Å². The topological polar surface area (TPSA) is 66.5 Å². The van der Waals surface area contributed by atoms with Crippen molar-refractivity contribution >= 4 is 21.6 Å². The Morgan fingerprint density at radius 2 is 2.00 bits per heavy atom. The summed E-state index contributed by atoms with van der Waals surface area (Å²) in [6.07, 6.45) is 3.05.